The number of benzene rings is 3. The van der Waals surface area contributed by atoms with Gasteiger partial charge in [-0.15, -0.1) is 0 Å². The van der Waals surface area contributed by atoms with Crippen molar-refractivity contribution in [2.45, 2.75) is 32.7 Å². The van der Waals surface area contributed by atoms with Crippen LogP contribution in [-0.2, 0) is 4.79 Å². The molecule has 2 aliphatic rings. The van der Waals surface area contributed by atoms with E-state index in [1.807, 2.05) is 12.3 Å². The average Bonchev–Trinajstić information content (AvgIpc) is 2.77. The van der Waals surface area contributed by atoms with Crippen LogP contribution in [0.4, 0.5) is 5.69 Å². The lowest BCUT2D eigenvalue weighted by Crippen LogP contribution is -2.33. The maximum absolute atomic E-state index is 13.6. The van der Waals surface area contributed by atoms with Gasteiger partial charge in [0.1, 0.15) is 0 Å². The molecule has 0 radical (unpaired) electrons. The Kier molecular flexibility index (Phi) is 3.85. The van der Waals surface area contributed by atoms with Crippen LogP contribution in [0, 0.1) is 5.41 Å². The van der Waals surface area contributed by atoms with Crippen LogP contribution in [0.15, 0.2) is 78.5 Å². The number of aromatic nitrogens is 1. The molecule has 0 unspecified atom stereocenters. The number of rotatable bonds is 1. The predicted molar refractivity (Wildman–Crippen MR) is 127 cm³/mol. The Morgan fingerprint density at radius 3 is 2.61 bits per heavy atom. The van der Waals surface area contributed by atoms with Crippen molar-refractivity contribution in [1.82, 2.24) is 4.98 Å². The lowest BCUT2D eigenvalue weighted by molar-refractivity contribution is -0.118. The summed E-state index contributed by atoms with van der Waals surface area (Å²) in [7, 11) is 0. The van der Waals surface area contributed by atoms with Gasteiger partial charge in [0, 0.05) is 34.8 Å². The van der Waals surface area contributed by atoms with E-state index in [1.54, 1.807) is 0 Å². The Balaban J connectivity index is 1.67. The number of anilines is 1. The second-order valence-electron chi connectivity index (χ2n) is 9.54. The maximum atomic E-state index is 13.6. The van der Waals surface area contributed by atoms with Crippen molar-refractivity contribution in [3.05, 3.63) is 89.6 Å². The summed E-state index contributed by atoms with van der Waals surface area (Å²) in [5.41, 5.74) is 6.43. The normalized spacial score (nSPS) is 19.8. The fraction of sp³-hybridized carbons (Fsp3) is 0.214. The molecule has 31 heavy (non-hydrogen) atoms. The molecule has 0 bridgehead atoms. The first-order valence-electron chi connectivity index (χ1n) is 10.9. The van der Waals surface area contributed by atoms with Crippen molar-refractivity contribution >= 4 is 38.7 Å². The molecule has 3 aromatic carbocycles. The first kappa shape index (κ1) is 18.3. The van der Waals surface area contributed by atoms with Crippen LogP contribution in [-0.4, -0.2) is 10.8 Å². The van der Waals surface area contributed by atoms with Crippen molar-refractivity contribution in [3.63, 3.8) is 0 Å². The molecule has 1 aliphatic carbocycles. The molecular weight excluding hydrogens is 380 g/mol. The van der Waals surface area contributed by atoms with Crippen molar-refractivity contribution in [2.24, 2.45) is 5.41 Å². The number of fused-ring (bicyclic) bond motifs is 5. The smallest absolute Gasteiger partial charge is 0.162 e. The van der Waals surface area contributed by atoms with E-state index in [4.69, 9.17) is 0 Å². The molecule has 6 rings (SSSR count). The van der Waals surface area contributed by atoms with Crippen molar-refractivity contribution in [1.29, 1.82) is 0 Å². The number of Topliss-reactive ketones (excluding diaryl/α,β-unsaturated/α-hetero) is 1. The minimum absolute atomic E-state index is 0.0573. The van der Waals surface area contributed by atoms with Gasteiger partial charge in [0.2, 0.25) is 0 Å². The zero-order valence-corrected chi connectivity index (χ0v) is 17.8. The highest BCUT2D eigenvalue weighted by molar-refractivity contribution is 6.13. The zero-order chi connectivity index (χ0) is 21.2. The van der Waals surface area contributed by atoms with Gasteiger partial charge in [-0.1, -0.05) is 62.4 Å². The molecule has 0 fully saturated rings. The summed E-state index contributed by atoms with van der Waals surface area (Å²) in [5.74, 6) is 0.253. The monoisotopic (exact) mass is 404 g/mol. The van der Waals surface area contributed by atoms with E-state index in [2.05, 4.69) is 84.8 Å². The fourth-order valence-electron chi connectivity index (χ4n) is 5.45. The Bertz CT molecular complexity index is 1410. The van der Waals surface area contributed by atoms with Gasteiger partial charge in [0.05, 0.1) is 11.6 Å². The Morgan fingerprint density at radius 1 is 0.903 bits per heavy atom. The van der Waals surface area contributed by atoms with Crippen LogP contribution in [0.3, 0.4) is 0 Å². The maximum Gasteiger partial charge on any atom is 0.162 e. The standard InChI is InChI=1S/C28H24N2O/c1-28(2)15-21-25-20-11-6-14-29-22(20)12-13-23(25)30-27(26(21)24(31)16-28)19-10-5-8-17-7-3-4-9-18(17)19/h3-14,27,30H,15-16H2,1-2H3/t27-/m1/s1. The Labute approximate surface area is 181 Å². The number of allylic oxidation sites excluding steroid dienone is 1. The SMILES string of the molecule is CC1(C)CC(=O)C2=C(C1)c1c(ccc3ncccc13)N[C@@H]2c1cccc2ccccc12. The third-order valence-corrected chi connectivity index (χ3v) is 6.73. The van der Waals surface area contributed by atoms with Gasteiger partial charge in [-0.25, -0.2) is 0 Å². The zero-order valence-electron chi connectivity index (χ0n) is 17.8. The molecule has 1 aliphatic heterocycles. The highest BCUT2D eigenvalue weighted by Crippen LogP contribution is 2.52. The fourth-order valence-corrected chi connectivity index (χ4v) is 5.45. The lowest BCUT2D eigenvalue weighted by Gasteiger charge is -2.40. The van der Waals surface area contributed by atoms with E-state index in [0.29, 0.717) is 6.42 Å². The van der Waals surface area contributed by atoms with Gasteiger partial charge in [-0.2, -0.15) is 0 Å². The average molecular weight is 405 g/mol. The summed E-state index contributed by atoms with van der Waals surface area (Å²) in [6.07, 6.45) is 3.29. The number of ketones is 1. The van der Waals surface area contributed by atoms with Crippen molar-refractivity contribution < 1.29 is 4.79 Å². The summed E-state index contributed by atoms with van der Waals surface area (Å²) in [4.78, 5) is 18.2. The lowest BCUT2D eigenvalue weighted by atomic mass is 9.67. The molecule has 3 nitrogen and oxygen atoms in total. The number of carbonyl (C=O) groups is 1. The molecule has 0 saturated heterocycles. The minimum atomic E-state index is -0.147. The molecule has 4 aromatic rings. The number of nitrogens with one attached hydrogen (secondary N) is 1. The molecule has 0 amide bonds. The van der Waals surface area contributed by atoms with Crippen LogP contribution in [0.25, 0.3) is 27.2 Å². The van der Waals surface area contributed by atoms with Crippen molar-refractivity contribution in [3.8, 4) is 0 Å². The van der Waals surface area contributed by atoms with Crippen molar-refractivity contribution in [2.75, 3.05) is 5.32 Å². The van der Waals surface area contributed by atoms with E-state index in [-0.39, 0.29) is 17.2 Å². The van der Waals surface area contributed by atoms with E-state index < -0.39 is 0 Å². The molecule has 0 spiro atoms. The molecule has 1 atom stereocenters. The van der Waals surface area contributed by atoms with Gasteiger partial charge in [-0.3, -0.25) is 9.78 Å². The Hall–Kier alpha value is -3.46. The summed E-state index contributed by atoms with van der Waals surface area (Å²) < 4.78 is 0. The molecule has 1 aromatic heterocycles. The third kappa shape index (κ3) is 2.80. The number of nitrogens with zero attached hydrogens (tertiary/aromatic N) is 1. The molecule has 0 saturated carbocycles. The van der Waals surface area contributed by atoms with E-state index in [0.717, 1.165) is 39.7 Å². The van der Waals surface area contributed by atoms with Gasteiger partial charge >= 0.3 is 0 Å². The van der Waals surface area contributed by atoms with Crippen LogP contribution in [0.2, 0.25) is 0 Å². The van der Waals surface area contributed by atoms with E-state index in [9.17, 15) is 4.79 Å². The number of hydrogen-bond donors (Lipinski definition) is 1. The van der Waals surface area contributed by atoms with Crippen LogP contribution in [0.5, 0.6) is 0 Å². The molecule has 2 heterocycles. The van der Waals surface area contributed by atoms with Crippen LogP contribution < -0.4 is 5.32 Å². The van der Waals surface area contributed by atoms with Crippen LogP contribution >= 0.6 is 0 Å². The van der Waals surface area contributed by atoms with Gasteiger partial charge in [0.15, 0.2) is 5.78 Å². The largest absolute Gasteiger partial charge is 0.373 e. The first-order valence-corrected chi connectivity index (χ1v) is 10.9. The summed E-state index contributed by atoms with van der Waals surface area (Å²) in [6, 6.07) is 23.0. The molecule has 152 valence electrons. The molecular formula is C28H24N2O. The minimum Gasteiger partial charge on any atom is -0.373 e. The van der Waals surface area contributed by atoms with E-state index >= 15 is 0 Å². The molecule has 3 heteroatoms. The Morgan fingerprint density at radius 2 is 1.71 bits per heavy atom. The number of carbonyl (C=O) groups excluding carboxylic acids is 1. The second-order valence-corrected chi connectivity index (χ2v) is 9.54. The summed E-state index contributed by atoms with van der Waals surface area (Å²) >= 11 is 0. The first-order chi connectivity index (χ1) is 15.0. The highest BCUT2D eigenvalue weighted by Gasteiger charge is 2.41. The topological polar surface area (TPSA) is 42.0 Å². The van der Waals surface area contributed by atoms with Gasteiger partial charge in [-0.05, 0) is 51.9 Å². The second kappa shape index (κ2) is 6.52. The molecule has 1 N–H and O–H groups in total. The number of pyridine rings is 1. The highest BCUT2D eigenvalue weighted by atomic mass is 16.1. The summed E-state index contributed by atoms with van der Waals surface area (Å²) in [6.45, 7) is 4.40. The quantitative estimate of drug-likeness (QED) is 0.384. The predicted octanol–water partition coefficient (Wildman–Crippen LogP) is 6.70. The summed E-state index contributed by atoms with van der Waals surface area (Å²) in [5, 5.41) is 7.25. The van der Waals surface area contributed by atoms with E-state index in [1.165, 1.54) is 16.3 Å². The van der Waals surface area contributed by atoms with Gasteiger partial charge in [0.25, 0.3) is 0 Å². The van der Waals surface area contributed by atoms with Crippen LogP contribution in [0.1, 0.15) is 43.9 Å². The number of hydrogen-bond acceptors (Lipinski definition) is 3. The third-order valence-electron chi connectivity index (χ3n) is 6.73. The van der Waals surface area contributed by atoms with Gasteiger partial charge < -0.3 is 5.32 Å².